The first-order chi connectivity index (χ1) is 33.0. The van der Waals surface area contributed by atoms with Crippen molar-refractivity contribution < 1.29 is 38.6 Å². The molecular formula is C53H66N8O8. The van der Waals surface area contributed by atoms with Crippen molar-refractivity contribution in [2.45, 2.75) is 116 Å². The van der Waals surface area contributed by atoms with Gasteiger partial charge in [-0.15, -0.1) is 0 Å². The number of pyridine rings is 1. The molecule has 5 aliphatic rings. The van der Waals surface area contributed by atoms with Gasteiger partial charge in [0, 0.05) is 80.9 Å². The lowest BCUT2D eigenvalue weighted by molar-refractivity contribution is -0.155. The summed E-state index contributed by atoms with van der Waals surface area (Å²) in [6.45, 7) is 16.9. The first-order valence-corrected chi connectivity index (χ1v) is 24.5. The molecule has 2 aromatic heterocycles. The highest BCUT2D eigenvalue weighted by molar-refractivity contribution is 5.97. The highest BCUT2D eigenvalue weighted by atomic mass is 16.5. The van der Waals surface area contributed by atoms with Gasteiger partial charge >= 0.3 is 5.97 Å². The van der Waals surface area contributed by atoms with Gasteiger partial charge in [0.1, 0.15) is 23.9 Å². The van der Waals surface area contributed by atoms with E-state index in [0.29, 0.717) is 87.9 Å². The van der Waals surface area contributed by atoms with Crippen LogP contribution in [-0.2, 0) is 52.8 Å². The Balaban J connectivity index is 1.10. The Morgan fingerprint density at radius 3 is 2.59 bits per heavy atom. The summed E-state index contributed by atoms with van der Waals surface area (Å²) in [5.74, 6) is -1.75. The van der Waals surface area contributed by atoms with Gasteiger partial charge in [-0.2, -0.15) is 0 Å². The molecule has 9 rings (SSSR count). The number of hydrogen-bond acceptors (Lipinski definition) is 11. The van der Waals surface area contributed by atoms with Gasteiger partial charge in [0.2, 0.25) is 17.7 Å². The number of aromatic nitrogens is 2. The number of rotatable bonds is 9. The number of aryl methyl sites for hydroxylation is 1. The fraction of sp³-hybridized carbons (Fsp3) is 0.509. The third-order valence-electron chi connectivity index (χ3n) is 14.8. The molecule has 7 heterocycles. The van der Waals surface area contributed by atoms with Crippen LogP contribution in [0.5, 0.6) is 5.75 Å². The van der Waals surface area contributed by atoms with E-state index in [2.05, 4.69) is 66.2 Å². The SMILES string of the molecule is C=C(C)[C@@H](C(=O)N[C@H]1Cc2cc(O)cc(c2)-c2ccc3c(c2)c(c(-c2cccnc2[C@H](C)OC)n3CC)CC(C)(C)COC(=O)[C@@H]2CCCN(N2)C1=O)N1CC[C@]2(CCCN(C(=O)[C@H]3CN3)C2)C1=O. The topological polar surface area (TPSA) is 198 Å². The first-order valence-electron chi connectivity index (χ1n) is 24.5. The summed E-state index contributed by atoms with van der Waals surface area (Å²) < 4.78 is 14.2. The highest BCUT2D eigenvalue weighted by Crippen LogP contribution is 2.44. The molecule has 16 heteroatoms. The van der Waals surface area contributed by atoms with Gasteiger partial charge in [-0.3, -0.25) is 34.0 Å². The molecule has 0 radical (unpaired) electrons. The molecule has 69 heavy (non-hydrogen) atoms. The number of esters is 1. The summed E-state index contributed by atoms with van der Waals surface area (Å²) in [5, 5.41) is 19.9. The number of phenolic OH excluding ortho intramolecular Hbond substituents is 1. The van der Waals surface area contributed by atoms with Crippen LogP contribution < -0.4 is 16.1 Å². The average Bonchev–Trinajstić information content (AvgIpc) is 4.10. The smallest absolute Gasteiger partial charge is 0.324 e. The minimum Gasteiger partial charge on any atom is -0.508 e. The van der Waals surface area contributed by atoms with Crippen molar-refractivity contribution in [1.82, 2.24) is 40.4 Å². The van der Waals surface area contributed by atoms with Gasteiger partial charge < -0.3 is 39.6 Å². The maximum absolute atomic E-state index is 14.8. The largest absolute Gasteiger partial charge is 0.508 e. The second-order valence-electron chi connectivity index (χ2n) is 20.6. The number of hydrazine groups is 1. The number of carbonyl (C=O) groups is 5. The normalized spacial score (nSPS) is 24.8. The van der Waals surface area contributed by atoms with E-state index in [1.54, 1.807) is 42.2 Å². The van der Waals surface area contributed by atoms with Crippen molar-refractivity contribution in [3.8, 4) is 28.1 Å². The molecule has 6 atom stereocenters. The maximum atomic E-state index is 14.8. The predicted molar refractivity (Wildman–Crippen MR) is 260 cm³/mol. The second-order valence-corrected chi connectivity index (χ2v) is 20.6. The number of piperidine rings is 1. The van der Waals surface area contributed by atoms with Crippen molar-refractivity contribution >= 4 is 40.5 Å². The summed E-state index contributed by atoms with van der Waals surface area (Å²) in [4.78, 5) is 79.3. The van der Waals surface area contributed by atoms with E-state index in [0.717, 1.165) is 39.0 Å². The van der Waals surface area contributed by atoms with E-state index in [9.17, 15) is 29.1 Å². The first kappa shape index (κ1) is 47.9. The van der Waals surface area contributed by atoms with E-state index in [4.69, 9.17) is 14.5 Å². The lowest BCUT2D eigenvalue weighted by Crippen LogP contribution is -2.62. The van der Waals surface area contributed by atoms with Crippen LogP contribution in [0.1, 0.15) is 89.6 Å². The molecule has 4 saturated heterocycles. The fourth-order valence-corrected chi connectivity index (χ4v) is 11.2. The molecule has 0 saturated carbocycles. The van der Waals surface area contributed by atoms with Crippen LogP contribution in [0.3, 0.4) is 0 Å². The third-order valence-corrected chi connectivity index (χ3v) is 14.8. The average molecular weight is 943 g/mol. The number of nitrogens with one attached hydrogen (secondary N) is 3. The van der Waals surface area contributed by atoms with Crippen LogP contribution in [0.25, 0.3) is 33.3 Å². The van der Waals surface area contributed by atoms with Gasteiger partial charge in [-0.05, 0) is 124 Å². The number of nitrogens with zero attached hydrogens (tertiary/aromatic N) is 5. The van der Waals surface area contributed by atoms with Crippen molar-refractivity contribution in [1.29, 1.82) is 0 Å². The molecular weight excluding hydrogens is 877 g/mol. The monoisotopic (exact) mass is 943 g/mol. The molecule has 2 aromatic carbocycles. The Kier molecular flexibility index (Phi) is 13.2. The number of fused-ring (bicyclic) bond motifs is 6. The molecule has 4 amide bonds. The van der Waals surface area contributed by atoms with E-state index >= 15 is 0 Å². The molecule has 4 N–H and O–H groups in total. The Morgan fingerprint density at radius 2 is 1.86 bits per heavy atom. The highest BCUT2D eigenvalue weighted by Gasteiger charge is 2.53. The van der Waals surface area contributed by atoms with E-state index in [1.807, 2.05) is 25.1 Å². The Bertz CT molecular complexity index is 2710. The number of ether oxygens (including phenoxy) is 2. The summed E-state index contributed by atoms with van der Waals surface area (Å²) >= 11 is 0. The molecule has 1 spiro atoms. The van der Waals surface area contributed by atoms with Crippen molar-refractivity contribution in [2.75, 3.05) is 46.4 Å². The van der Waals surface area contributed by atoms with E-state index in [-0.39, 0.29) is 49.3 Å². The van der Waals surface area contributed by atoms with E-state index in [1.165, 1.54) is 5.01 Å². The summed E-state index contributed by atoms with van der Waals surface area (Å²) in [7, 11) is 1.67. The molecule has 0 aliphatic carbocycles. The van der Waals surface area contributed by atoms with Crippen LogP contribution in [-0.4, -0.2) is 130 Å². The molecule has 4 fully saturated rings. The summed E-state index contributed by atoms with van der Waals surface area (Å²) in [6, 6.07) is 12.2. The second kappa shape index (κ2) is 19.0. The number of hydrogen-bond donors (Lipinski definition) is 4. The van der Waals surface area contributed by atoms with Crippen LogP contribution in [0, 0.1) is 10.8 Å². The van der Waals surface area contributed by atoms with Gasteiger partial charge in [-0.25, -0.2) is 5.43 Å². The summed E-state index contributed by atoms with van der Waals surface area (Å²) in [5.41, 5.74) is 9.16. The molecule has 6 bridgehead atoms. The lowest BCUT2D eigenvalue weighted by Gasteiger charge is -2.40. The Morgan fingerprint density at radius 1 is 1.06 bits per heavy atom. The van der Waals surface area contributed by atoms with Crippen molar-refractivity contribution in [3.05, 3.63) is 83.7 Å². The van der Waals surface area contributed by atoms with Gasteiger partial charge in [0.25, 0.3) is 5.91 Å². The Hall–Kier alpha value is -6.10. The maximum Gasteiger partial charge on any atom is 0.324 e. The standard InChI is InChI=1S/C53H66N8O8/c1-8-59-43-15-14-34-26-38(43)39(46(59)37-12-9-18-54-44(37)32(4)68-7)27-52(5,6)30-69-50(66)40-13-10-20-61(57-40)49(65)41(24-33-22-35(34)25-36(62)23-33)56-47(63)45(31(2)3)60-21-17-53(51(60)67)16-11-19-58(29-53)48(64)42-28-55-42/h9,12,14-15,18,22-23,25-26,32,40-42,45,55,57,62H,2,8,10-11,13,16-17,19-21,24,27-30H2,1,3-7H3,(H,56,63)/t32-,40-,41-,42+,45-,53-/m0/s1. The number of phenols is 1. The minimum atomic E-state index is -1.19. The van der Waals surface area contributed by atoms with Gasteiger partial charge in [0.05, 0.1) is 35.6 Å². The molecule has 0 unspecified atom stereocenters. The van der Waals surface area contributed by atoms with Crippen LogP contribution in [0.2, 0.25) is 0 Å². The quantitative estimate of drug-likeness (QED) is 0.0977. The van der Waals surface area contributed by atoms with Crippen molar-refractivity contribution in [3.63, 3.8) is 0 Å². The minimum absolute atomic E-state index is 0.00207. The number of carbonyl (C=O) groups excluding carboxylic acids is 5. The molecule has 366 valence electrons. The number of benzene rings is 2. The van der Waals surface area contributed by atoms with Crippen LogP contribution in [0.4, 0.5) is 0 Å². The predicted octanol–water partition coefficient (Wildman–Crippen LogP) is 5.21. The van der Waals surface area contributed by atoms with Gasteiger partial charge in [-0.1, -0.05) is 32.6 Å². The molecule has 16 nitrogen and oxygen atoms in total. The third kappa shape index (κ3) is 9.38. The number of amides is 4. The summed E-state index contributed by atoms with van der Waals surface area (Å²) in [6.07, 6.45) is 4.72. The zero-order valence-corrected chi connectivity index (χ0v) is 40.7. The lowest BCUT2D eigenvalue weighted by atomic mass is 9.78. The number of cyclic esters (lactones) is 1. The Labute approximate surface area is 403 Å². The van der Waals surface area contributed by atoms with Crippen molar-refractivity contribution in [2.24, 2.45) is 10.8 Å². The van der Waals surface area contributed by atoms with Gasteiger partial charge in [0.15, 0.2) is 0 Å². The zero-order chi connectivity index (χ0) is 48.9. The zero-order valence-electron chi connectivity index (χ0n) is 40.7. The van der Waals surface area contributed by atoms with Crippen LogP contribution >= 0.6 is 0 Å². The number of aromatic hydroxyl groups is 1. The van der Waals surface area contributed by atoms with E-state index < -0.39 is 46.7 Å². The number of methoxy groups -OCH3 is 1. The fourth-order valence-electron chi connectivity index (χ4n) is 11.2. The molecule has 4 aromatic rings. The van der Waals surface area contributed by atoms with Crippen LogP contribution in [0.15, 0.2) is 66.9 Å². The molecule has 5 aliphatic heterocycles. The number of likely N-dealkylation sites (tertiary alicyclic amines) is 2.